The van der Waals surface area contributed by atoms with Crippen molar-refractivity contribution in [3.8, 4) is 28.0 Å². The van der Waals surface area contributed by atoms with Gasteiger partial charge in [0.2, 0.25) is 0 Å². The van der Waals surface area contributed by atoms with Gasteiger partial charge < -0.3 is 4.74 Å². The molecule has 0 aromatic heterocycles. The second-order valence-electron chi connectivity index (χ2n) is 7.78. The number of ether oxygens (including phenoxy) is 1. The summed E-state index contributed by atoms with van der Waals surface area (Å²) in [7, 11) is 0. The van der Waals surface area contributed by atoms with Gasteiger partial charge in [-0.3, -0.25) is 0 Å². The monoisotopic (exact) mass is 526 g/mol. The maximum atomic E-state index is 14.8. The molecule has 0 bridgehead atoms. The van der Waals surface area contributed by atoms with E-state index in [4.69, 9.17) is 0 Å². The molecule has 0 N–H and O–H groups in total. The molecule has 0 radical (unpaired) electrons. The molecule has 4 aromatic rings. The van der Waals surface area contributed by atoms with E-state index in [1.807, 2.05) is 0 Å². The van der Waals surface area contributed by atoms with Crippen molar-refractivity contribution >= 4 is 12.6 Å². The lowest BCUT2D eigenvalue weighted by Crippen LogP contribution is -2.26. The molecule has 0 aliphatic carbocycles. The molecule has 0 saturated carbocycles. The molecule has 0 atom stereocenters. The standard InChI is InChI=1S/C26H14F8OS/c1-12-22(11-21(30)25(32)24(12)31)35-26(33,34)23-19(28)9-15(10-20(23)29)17-7-4-14(8-18(17)27)13-2-5-16(36)6-3-13/h2-11,36H,1H3. The van der Waals surface area contributed by atoms with Crippen molar-refractivity contribution in [2.75, 3.05) is 0 Å². The van der Waals surface area contributed by atoms with Gasteiger partial charge in [0, 0.05) is 22.1 Å². The summed E-state index contributed by atoms with van der Waals surface area (Å²) in [5, 5.41) is 0. The third-order valence-corrected chi connectivity index (χ3v) is 5.71. The number of hydrogen-bond donors (Lipinski definition) is 1. The summed E-state index contributed by atoms with van der Waals surface area (Å²) in [4.78, 5) is 0.688. The van der Waals surface area contributed by atoms with E-state index >= 15 is 0 Å². The summed E-state index contributed by atoms with van der Waals surface area (Å²) in [5.74, 6) is -11.2. The van der Waals surface area contributed by atoms with Gasteiger partial charge in [-0.15, -0.1) is 12.6 Å². The van der Waals surface area contributed by atoms with E-state index in [9.17, 15) is 35.1 Å². The fourth-order valence-electron chi connectivity index (χ4n) is 3.55. The molecule has 0 aliphatic heterocycles. The molecule has 186 valence electrons. The highest BCUT2D eigenvalue weighted by Crippen LogP contribution is 2.39. The summed E-state index contributed by atoms with van der Waals surface area (Å²) < 4.78 is 118. The molecule has 0 spiro atoms. The Morgan fingerprint density at radius 2 is 1.19 bits per heavy atom. The van der Waals surface area contributed by atoms with Crippen LogP contribution in [0.15, 0.2) is 65.6 Å². The second kappa shape index (κ2) is 9.50. The molecule has 1 nitrogen and oxygen atoms in total. The van der Waals surface area contributed by atoms with Crippen molar-refractivity contribution in [3.63, 3.8) is 0 Å². The first kappa shape index (κ1) is 25.6. The Morgan fingerprint density at radius 1 is 0.639 bits per heavy atom. The zero-order valence-electron chi connectivity index (χ0n) is 18.2. The highest BCUT2D eigenvalue weighted by Gasteiger charge is 2.42. The van der Waals surface area contributed by atoms with Gasteiger partial charge in [-0.25, -0.2) is 26.3 Å². The van der Waals surface area contributed by atoms with E-state index in [0.29, 0.717) is 28.2 Å². The molecule has 0 amide bonds. The van der Waals surface area contributed by atoms with E-state index in [1.54, 1.807) is 24.3 Å². The first-order chi connectivity index (χ1) is 16.9. The maximum Gasteiger partial charge on any atom is 0.432 e. The van der Waals surface area contributed by atoms with Crippen LogP contribution in [0.4, 0.5) is 35.1 Å². The minimum absolute atomic E-state index is 0.131. The summed E-state index contributed by atoms with van der Waals surface area (Å²) in [5.41, 5.74) is -2.26. The molecule has 0 unspecified atom stereocenters. The number of rotatable bonds is 5. The number of hydrogen-bond acceptors (Lipinski definition) is 2. The molecular weight excluding hydrogens is 512 g/mol. The average molecular weight is 526 g/mol. The summed E-state index contributed by atoms with van der Waals surface area (Å²) in [6.45, 7) is 0.818. The van der Waals surface area contributed by atoms with Crippen molar-refractivity contribution < 1.29 is 39.9 Å². The first-order valence-electron chi connectivity index (χ1n) is 10.2. The zero-order chi connectivity index (χ0) is 26.4. The fourth-order valence-corrected chi connectivity index (χ4v) is 3.70. The predicted octanol–water partition coefficient (Wildman–Crippen LogP) is 8.58. The minimum Gasteiger partial charge on any atom is -0.428 e. The lowest BCUT2D eigenvalue weighted by Gasteiger charge is -2.21. The highest BCUT2D eigenvalue weighted by molar-refractivity contribution is 7.80. The maximum absolute atomic E-state index is 14.8. The van der Waals surface area contributed by atoms with Gasteiger partial charge >= 0.3 is 6.11 Å². The van der Waals surface area contributed by atoms with Gasteiger partial charge in [-0.2, -0.15) is 8.78 Å². The van der Waals surface area contributed by atoms with Crippen molar-refractivity contribution in [1.82, 2.24) is 0 Å². The van der Waals surface area contributed by atoms with Gasteiger partial charge in [-0.05, 0) is 53.9 Å². The van der Waals surface area contributed by atoms with Crippen LogP contribution in [-0.4, -0.2) is 0 Å². The Labute approximate surface area is 205 Å². The lowest BCUT2D eigenvalue weighted by atomic mass is 9.98. The van der Waals surface area contributed by atoms with Gasteiger partial charge in [0.25, 0.3) is 0 Å². The average Bonchev–Trinajstić information content (AvgIpc) is 2.80. The van der Waals surface area contributed by atoms with Crippen LogP contribution in [0, 0.1) is 41.8 Å². The Balaban J connectivity index is 1.69. The molecule has 0 heterocycles. The lowest BCUT2D eigenvalue weighted by molar-refractivity contribution is -0.190. The van der Waals surface area contributed by atoms with E-state index in [2.05, 4.69) is 17.4 Å². The van der Waals surface area contributed by atoms with Gasteiger partial charge in [-0.1, -0.05) is 24.3 Å². The minimum atomic E-state index is -4.75. The fraction of sp³-hybridized carbons (Fsp3) is 0.0769. The number of thiol groups is 1. The zero-order valence-corrected chi connectivity index (χ0v) is 19.0. The van der Waals surface area contributed by atoms with Gasteiger partial charge in [0.1, 0.15) is 28.8 Å². The van der Waals surface area contributed by atoms with Crippen LogP contribution >= 0.6 is 12.6 Å². The van der Waals surface area contributed by atoms with Crippen molar-refractivity contribution in [1.29, 1.82) is 0 Å². The summed E-state index contributed by atoms with van der Waals surface area (Å²) in [6, 6.07) is 11.7. The van der Waals surface area contributed by atoms with E-state index in [0.717, 1.165) is 13.0 Å². The van der Waals surface area contributed by atoms with E-state index < -0.39 is 57.9 Å². The van der Waals surface area contributed by atoms with Crippen LogP contribution in [0.3, 0.4) is 0 Å². The predicted molar refractivity (Wildman–Crippen MR) is 120 cm³/mol. The Bertz CT molecular complexity index is 1450. The van der Waals surface area contributed by atoms with Crippen LogP contribution in [0.2, 0.25) is 0 Å². The smallest absolute Gasteiger partial charge is 0.428 e. The van der Waals surface area contributed by atoms with Crippen LogP contribution < -0.4 is 4.74 Å². The summed E-state index contributed by atoms with van der Waals surface area (Å²) in [6.07, 6.45) is -4.75. The third kappa shape index (κ3) is 4.77. The Morgan fingerprint density at radius 3 is 1.78 bits per heavy atom. The second-order valence-corrected chi connectivity index (χ2v) is 8.30. The summed E-state index contributed by atoms with van der Waals surface area (Å²) >= 11 is 4.17. The van der Waals surface area contributed by atoms with Crippen LogP contribution in [-0.2, 0) is 6.11 Å². The molecule has 4 rings (SSSR count). The van der Waals surface area contributed by atoms with Crippen molar-refractivity contribution in [2.24, 2.45) is 0 Å². The molecule has 4 aromatic carbocycles. The van der Waals surface area contributed by atoms with E-state index in [1.165, 1.54) is 12.1 Å². The van der Waals surface area contributed by atoms with Gasteiger partial charge in [0.05, 0.1) is 0 Å². The van der Waals surface area contributed by atoms with Crippen molar-refractivity contribution in [3.05, 3.63) is 107 Å². The molecular formula is C26H14F8OS. The normalized spacial score (nSPS) is 11.6. The molecule has 10 heteroatoms. The van der Waals surface area contributed by atoms with Crippen LogP contribution in [0.1, 0.15) is 11.1 Å². The quantitative estimate of drug-likeness (QED) is 0.156. The molecule has 0 aliphatic rings. The number of alkyl halides is 2. The van der Waals surface area contributed by atoms with E-state index in [-0.39, 0.29) is 17.2 Å². The molecule has 0 fully saturated rings. The van der Waals surface area contributed by atoms with Crippen LogP contribution in [0.5, 0.6) is 5.75 Å². The third-order valence-electron chi connectivity index (χ3n) is 5.41. The number of halogens is 8. The largest absolute Gasteiger partial charge is 0.432 e. The van der Waals surface area contributed by atoms with Gasteiger partial charge in [0.15, 0.2) is 17.5 Å². The van der Waals surface area contributed by atoms with Crippen LogP contribution in [0.25, 0.3) is 22.3 Å². The highest BCUT2D eigenvalue weighted by atomic mass is 32.1. The first-order valence-corrected chi connectivity index (χ1v) is 10.6. The molecule has 36 heavy (non-hydrogen) atoms. The molecule has 0 saturated heterocycles. The Kier molecular flexibility index (Phi) is 6.74. The topological polar surface area (TPSA) is 9.23 Å². The number of benzene rings is 4. The Hall–Kier alpha value is -3.53. The van der Waals surface area contributed by atoms with Crippen molar-refractivity contribution in [2.45, 2.75) is 17.9 Å². The SMILES string of the molecule is Cc1c(OC(F)(F)c2c(F)cc(-c3ccc(-c4ccc(S)cc4)cc3F)cc2F)cc(F)c(F)c1F.